The van der Waals surface area contributed by atoms with Gasteiger partial charge in [-0.3, -0.25) is 0 Å². The van der Waals surface area contributed by atoms with Crippen LogP contribution in [0.2, 0.25) is 0 Å². The average molecular weight is 209 g/mol. The largest absolute Gasteiger partial charge is 0.307 e. The van der Waals surface area contributed by atoms with Gasteiger partial charge in [0.25, 0.3) is 0 Å². The zero-order valence-corrected chi connectivity index (χ0v) is 10.1. The molecule has 2 heterocycles. The second-order valence-electron chi connectivity index (χ2n) is 4.55. The topological polar surface area (TPSA) is 12.0 Å². The molecule has 1 aromatic heterocycles. The van der Waals surface area contributed by atoms with Crippen molar-refractivity contribution in [3.05, 3.63) is 21.9 Å². The van der Waals surface area contributed by atoms with Crippen LogP contribution in [0, 0.1) is 12.8 Å². The monoisotopic (exact) mass is 209 g/mol. The molecule has 1 N–H and O–H groups in total. The molecule has 0 bridgehead atoms. The van der Waals surface area contributed by atoms with Crippen molar-refractivity contribution in [1.82, 2.24) is 5.32 Å². The first-order chi connectivity index (χ1) is 6.67. The number of hydrogen-bond donors (Lipinski definition) is 1. The lowest BCUT2D eigenvalue weighted by atomic mass is 9.79. The average Bonchev–Trinajstić information content (AvgIpc) is 2.72. The molecular weight excluding hydrogens is 190 g/mol. The Morgan fingerprint density at radius 3 is 2.71 bits per heavy atom. The molecule has 1 saturated heterocycles. The molecule has 0 aliphatic carbocycles. The van der Waals surface area contributed by atoms with E-state index in [1.807, 2.05) is 11.3 Å². The van der Waals surface area contributed by atoms with Gasteiger partial charge in [-0.15, -0.1) is 11.3 Å². The smallest absolute Gasteiger partial charge is 0.0469 e. The molecule has 0 aromatic carbocycles. The maximum absolute atomic E-state index is 3.72. The lowest BCUT2D eigenvalue weighted by Gasteiger charge is -2.34. The number of thiophene rings is 1. The Balaban J connectivity index is 2.41. The van der Waals surface area contributed by atoms with E-state index in [-0.39, 0.29) is 5.54 Å². The highest BCUT2D eigenvalue weighted by molar-refractivity contribution is 7.10. The SMILES string of the molecule is Cc1sccc1C1(C(C)C)CCCN1. The molecule has 1 atom stereocenters. The molecule has 2 rings (SSSR count). The number of aryl methyl sites for hydroxylation is 1. The van der Waals surface area contributed by atoms with Gasteiger partial charge < -0.3 is 5.32 Å². The summed E-state index contributed by atoms with van der Waals surface area (Å²) in [6.45, 7) is 8.07. The Hall–Kier alpha value is -0.340. The third-order valence-electron chi connectivity index (χ3n) is 3.51. The van der Waals surface area contributed by atoms with E-state index in [1.54, 1.807) is 0 Å². The minimum atomic E-state index is 0.268. The summed E-state index contributed by atoms with van der Waals surface area (Å²) in [7, 11) is 0. The van der Waals surface area contributed by atoms with Crippen molar-refractivity contribution < 1.29 is 0 Å². The van der Waals surface area contributed by atoms with Crippen molar-refractivity contribution >= 4 is 11.3 Å². The van der Waals surface area contributed by atoms with Crippen molar-refractivity contribution in [1.29, 1.82) is 0 Å². The first-order valence-corrected chi connectivity index (χ1v) is 6.34. The van der Waals surface area contributed by atoms with Crippen LogP contribution in [0.4, 0.5) is 0 Å². The van der Waals surface area contributed by atoms with Crippen LogP contribution in [0.3, 0.4) is 0 Å². The maximum Gasteiger partial charge on any atom is 0.0469 e. The number of hydrogen-bond acceptors (Lipinski definition) is 2. The molecule has 14 heavy (non-hydrogen) atoms. The summed E-state index contributed by atoms with van der Waals surface area (Å²) in [5.74, 6) is 0.679. The van der Waals surface area contributed by atoms with Crippen LogP contribution in [0.1, 0.15) is 37.1 Å². The quantitative estimate of drug-likeness (QED) is 0.788. The van der Waals surface area contributed by atoms with Crippen molar-refractivity contribution in [3.8, 4) is 0 Å². The molecule has 78 valence electrons. The summed E-state index contributed by atoms with van der Waals surface area (Å²) in [4.78, 5) is 1.48. The normalized spacial score (nSPS) is 27.4. The van der Waals surface area contributed by atoms with Gasteiger partial charge in [0, 0.05) is 10.4 Å². The van der Waals surface area contributed by atoms with Crippen LogP contribution in [-0.4, -0.2) is 6.54 Å². The van der Waals surface area contributed by atoms with Crippen molar-refractivity contribution in [2.24, 2.45) is 5.92 Å². The molecule has 0 amide bonds. The minimum absolute atomic E-state index is 0.268. The Labute approximate surface area is 90.5 Å². The molecule has 1 aromatic rings. The van der Waals surface area contributed by atoms with Crippen molar-refractivity contribution in [2.75, 3.05) is 6.54 Å². The highest BCUT2D eigenvalue weighted by Gasteiger charge is 2.39. The molecule has 1 aliphatic heterocycles. The molecule has 0 saturated carbocycles. The number of nitrogens with one attached hydrogen (secondary N) is 1. The van der Waals surface area contributed by atoms with Crippen LogP contribution in [0.5, 0.6) is 0 Å². The van der Waals surface area contributed by atoms with Crippen LogP contribution < -0.4 is 5.32 Å². The zero-order valence-electron chi connectivity index (χ0n) is 9.26. The zero-order chi connectivity index (χ0) is 10.2. The van der Waals surface area contributed by atoms with Gasteiger partial charge in [-0.1, -0.05) is 13.8 Å². The fourth-order valence-corrected chi connectivity index (χ4v) is 3.43. The van der Waals surface area contributed by atoms with E-state index < -0.39 is 0 Å². The van der Waals surface area contributed by atoms with Gasteiger partial charge >= 0.3 is 0 Å². The summed E-state index contributed by atoms with van der Waals surface area (Å²) in [5, 5.41) is 5.94. The van der Waals surface area contributed by atoms with Gasteiger partial charge in [-0.25, -0.2) is 0 Å². The summed E-state index contributed by atoms with van der Waals surface area (Å²) in [6.07, 6.45) is 2.61. The fraction of sp³-hybridized carbons (Fsp3) is 0.667. The molecule has 1 fully saturated rings. The predicted molar refractivity (Wildman–Crippen MR) is 62.8 cm³/mol. The Morgan fingerprint density at radius 1 is 1.50 bits per heavy atom. The summed E-state index contributed by atoms with van der Waals surface area (Å²) in [6, 6.07) is 2.30. The van der Waals surface area contributed by atoms with Gasteiger partial charge in [-0.05, 0) is 49.2 Å². The Bertz CT molecular complexity index is 308. The molecular formula is C12H19NS. The number of rotatable bonds is 2. The highest BCUT2D eigenvalue weighted by atomic mass is 32.1. The molecule has 0 spiro atoms. The van der Waals surface area contributed by atoms with E-state index in [9.17, 15) is 0 Å². The van der Waals surface area contributed by atoms with Crippen LogP contribution in [0.15, 0.2) is 11.4 Å². The van der Waals surface area contributed by atoms with Crippen LogP contribution >= 0.6 is 11.3 Å². The van der Waals surface area contributed by atoms with Gasteiger partial charge in [-0.2, -0.15) is 0 Å². The molecule has 1 nitrogen and oxygen atoms in total. The van der Waals surface area contributed by atoms with Crippen LogP contribution in [-0.2, 0) is 5.54 Å². The highest BCUT2D eigenvalue weighted by Crippen LogP contribution is 2.40. The first-order valence-electron chi connectivity index (χ1n) is 5.46. The van der Waals surface area contributed by atoms with E-state index >= 15 is 0 Å². The molecule has 2 heteroatoms. The summed E-state index contributed by atoms with van der Waals surface area (Å²) < 4.78 is 0. The van der Waals surface area contributed by atoms with E-state index in [2.05, 4.69) is 37.5 Å². The van der Waals surface area contributed by atoms with E-state index in [4.69, 9.17) is 0 Å². The Morgan fingerprint density at radius 2 is 2.29 bits per heavy atom. The van der Waals surface area contributed by atoms with Gasteiger partial charge in [0.1, 0.15) is 0 Å². The second-order valence-corrected chi connectivity index (χ2v) is 5.67. The van der Waals surface area contributed by atoms with E-state index in [0.29, 0.717) is 5.92 Å². The van der Waals surface area contributed by atoms with Gasteiger partial charge in [0.05, 0.1) is 0 Å². The van der Waals surface area contributed by atoms with E-state index in [1.165, 1.54) is 29.8 Å². The minimum Gasteiger partial charge on any atom is -0.307 e. The second kappa shape index (κ2) is 3.67. The van der Waals surface area contributed by atoms with Crippen LogP contribution in [0.25, 0.3) is 0 Å². The fourth-order valence-electron chi connectivity index (χ4n) is 2.65. The van der Waals surface area contributed by atoms with Crippen molar-refractivity contribution in [3.63, 3.8) is 0 Å². The van der Waals surface area contributed by atoms with E-state index in [0.717, 1.165) is 0 Å². The molecule has 1 aliphatic rings. The lowest BCUT2D eigenvalue weighted by Crippen LogP contribution is -2.41. The Kier molecular flexibility index (Phi) is 2.67. The first kappa shape index (κ1) is 10.2. The third-order valence-corrected chi connectivity index (χ3v) is 4.36. The summed E-state index contributed by atoms with van der Waals surface area (Å²) in [5.41, 5.74) is 1.80. The lowest BCUT2D eigenvalue weighted by molar-refractivity contribution is 0.277. The van der Waals surface area contributed by atoms with Gasteiger partial charge in [0.15, 0.2) is 0 Å². The molecule has 1 unspecified atom stereocenters. The van der Waals surface area contributed by atoms with Gasteiger partial charge in [0.2, 0.25) is 0 Å². The maximum atomic E-state index is 3.72. The third kappa shape index (κ3) is 1.41. The van der Waals surface area contributed by atoms with Crippen molar-refractivity contribution in [2.45, 2.75) is 39.2 Å². The summed E-state index contributed by atoms with van der Waals surface area (Å²) >= 11 is 1.87. The molecule has 0 radical (unpaired) electrons. The predicted octanol–water partition coefficient (Wildman–Crippen LogP) is 3.29. The standard InChI is InChI=1S/C12H19NS/c1-9(2)12(6-4-7-13-12)11-5-8-14-10(11)3/h5,8-9,13H,4,6-7H2,1-3H3.